The van der Waals surface area contributed by atoms with Gasteiger partial charge in [-0.2, -0.15) is 0 Å². The smallest absolute Gasteiger partial charge is 0.0406 e. The van der Waals surface area contributed by atoms with Crippen LogP contribution in [0, 0.1) is 12.3 Å². The molecule has 0 radical (unpaired) electrons. The summed E-state index contributed by atoms with van der Waals surface area (Å²) in [6.45, 7) is 3.08. The second-order valence-corrected chi connectivity index (χ2v) is 4.19. The molecule has 0 spiro atoms. The van der Waals surface area contributed by atoms with Gasteiger partial charge in [0.1, 0.15) is 0 Å². The Balaban J connectivity index is 2.62. The lowest BCUT2D eigenvalue weighted by Crippen LogP contribution is -2.20. The zero-order chi connectivity index (χ0) is 11.8. The molecule has 0 heterocycles. The molecule has 0 saturated carbocycles. The average Bonchev–Trinajstić information content (AvgIpc) is 2.29. The minimum absolute atomic E-state index is 0.385. The van der Waals surface area contributed by atoms with Crippen molar-refractivity contribution in [2.45, 2.75) is 32.2 Å². The number of hydrogen-bond acceptors (Lipinski definition) is 1. The topological polar surface area (TPSA) is 12.0 Å². The SMILES string of the molecule is C#CCCCC(NCC)c1ccc(Cl)cc1. The maximum atomic E-state index is 5.87. The number of terminal acetylenes is 1. The summed E-state index contributed by atoms with van der Waals surface area (Å²) in [5.74, 6) is 2.68. The van der Waals surface area contributed by atoms with Gasteiger partial charge in [-0.1, -0.05) is 30.7 Å². The summed E-state index contributed by atoms with van der Waals surface area (Å²) in [5, 5.41) is 4.25. The van der Waals surface area contributed by atoms with Gasteiger partial charge in [0.15, 0.2) is 0 Å². The first kappa shape index (κ1) is 13.1. The molecule has 0 aliphatic carbocycles. The van der Waals surface area contributed by atoms with Gasteiger partial charge in [0.2, 0.25) is 0 Å². The van der Waals surface area contributed by atoms with Gasteiger partial charge in [-0.3, -0.25) is 0 Å². The fraction of sp³-hybridized carbons (Fsp3) is 0.429. The van der Waals surface area contributed by atoms with E-state index in [4.69, 9.17) is 18.0 Å². The first-order valence-corrected chi connectivity index (χ1v) is 6.08. The van der Waals surface area contributed by atoms with E-state index >= 15 is 0 Å². The molecule has 0 aliphatic rings. The zero-order valence-corrected chi connectivity index (χ0v) is 10.4. The maximum Gasteiger partial charge on any atom is 0.0406 e. The molecule has 1 rings (SSSR count). The minimum atomic E-state index is 0.385. The van der Waals surface area contributed by atoms with Crippen molar-refractivity contribution in [3.8, 4) is 12.3 Å². The number of nitrogens with one attached hydrogen (secondary N) is 1. The van der Waals surface area contributed by atoms with E-state index in [0.29, 0.717) is 6.04 Å². The molecule has 0 amide bonds. The third kappa shape index (κ3) is 4.26. The van der Waals surface area contributed by atoms with Gasteiger partial charge < -0.3 is 5.32 Å². The van der Waals surface area contributed by atoms with Crippen LogP contribution in [0.4, 0.5) is 0 Å². The number of halogens is 1. The van der Waals surface area contributed by atoms with Crippen molar-refractivity contribution in [2.75, 3.05) is 6.54 Å². The van der Waals surface area contributed by atoms with Gasteiger partial charge in [-0.25, -0.2) is 0 Å². The van der Waals surface area contributed by atoms with Crippen LogP contribution in [0.25, 0.3) is 0 Å². The van der Waals surface area contributed by atoms with Crippen LogP contribution < -0.4 is 5.32 Å². The summed E-state index contributed by atoms with van der Waals surface area (Å²) in [7, 11) is 0. The lowest BCUT2D eigenvalue weighted by Gasteiger charge is -2.17. The first-order valence-electron chi connectivity index (χ1n) is 5.70. The molecule has 1 aromatic carbocycles. The summed E-state index contributed by atoms with van der Waals surface area (Å²) < 4.78 is 0. The Morgan fingerprint density at radius 2 is 2.06 bits per heavy atom. The largest absolute Gasteiger partial charge is 0.310 e. The van der Waals surface area contributed by atoms with Crippen molar-refractivity contribution in [1.82, 2.24) is 5.32 Å². The second kappa shape index (κ2) is 7.33. The highest BCUT2D eigenvalue weighted by Crippen LogP contribution is 2.21. The molecular formula is C14H18ClN. The molecule has 0 bridgehead atoms. The zero-order valence-electron chi connectivity index (χ0n) is 9.67. The van der Waals surface area contributed by atoms with Crippen molar-refractivity contribution in [1.29, 1.82) is 0 Å². The van der Waals surface area contributed by atoms with E-state index in [0.717, 1.165) is 30.8 Å². The summed E-state index contributed by atoms with van der Waals surface area (Å²) in [6.07, 6.45) is 8.22. The molecular weight excluding hydrogens is 218 g/mol. The summed E-state index contributed by atoms with van der Waals surface area (Å²) in [5.41, 5.74) is 1.28. The van der Waals surface area contributed by atoms with Gasteiger partial charge >= 0.3 is 0 Å². The predicted octanol–water partition coefficient (Wildman–Crippen LogP) is 3.79. The van der Waals surface area contributed by atoms with E-state index < -0.39 is 0 Å². The summed E-state index contributed by atoms with van der Waals surface area (Å²) in [6, 6.07) is 8.40. The van der Waals surface area contributed by atoms with Crippen molar-refractivity contribution in [2.24, 2.45) is 0 Å². The van der Waals surface area contributed by atoms with Crippen LogP contribution in [-0.4, -0.2) is 6.54 Å². The van der Waals surface area contributed by atoms with E-state index in [9.17, 15) is 0 Å². The fourth-order valence-corrected chi connectivity index (χ4v) is 1.86. The van der Waals surface area contributed by atoms with Crippen LogP contribution in [0.3, 0.4) is 0 Å². The molecule has 16 heavy (non-hydrogen) atoms. The van der Waals surface area contributed by atoms with Gasteiger partial charge in [0, 0.05) is 17.5 Å². The Morgan fingerprint density at radius 3 is 2.62 bits per heavy atom. The first-order chi connectivity index (χ1) is 7.77. The Hall–Kier alpha value is -0.970. The predicted molar refractivity (Wildman–Crippen MR) is 70.6 cm³/mol. The van der Waals surface area contributed by atoms with Crippen molar-refractivity contribution in [3.63, 3.8) is 0 Å². The van der Waals surface area contributed by atoms with Crippen molar-refractivity contribution in [3.05, 3.63) is 34.9 Å². The Bertz CT molecular complexity index is 337. The Kier molecular flexibility index (Phi) is 6.00. The molecule has 0 fully saturated rings. The molecule has 1 nitrogen and oxygen atoms in total. The van der Waals surface area contributed by atoms with Crippen molar-refractivity contribution < 1.29 is 0 Å². The van der Waals surface area contributed by atoms with Crippen LogP contribution in [-0.2, 0) is 0 Å². The number of hydrogen-bond donors (Lipinski definition) is 1. The second-order valence-electron chi connectivity index (χ2n) is 3.76. The molecule has 86 valence electrons. The van der Waals surface area contributed by atoms with E-state index in [2.05, 4.69) is 30.3 Å². The third-order valence-electron chi connectivity index (χ3n) is 2.54. The van der Waals surface area contributed by atoms with E-state index in [-0.39, 0.29) is 0 Å². The van der Waals surface area contributed by atoms with Crippen LogP contribution >= 0.6 is 11.6 Å². The van der Waals surface area contributed by atoms with Gasteiger partial charge in [-0.05, 0) is 37.1 Å². The number of unbranched alkanes of at least 4 members (excludes halogenated alkanes) is 1. The molecule has 1 unspecified atom stereocenters. The number of rotatable bonds is 6. The fourth-order valence-electron chi connectivity index (χ4n) is 1.74. The van der Waals surface area contributed by atoms with Crippen molar-refractivity contribution >= 4 is 11.6 Å². The standard InChI is InChI=1S/C14H18ClN/c1-3-5-6-7-14(16-4-2)12-8-10-13(15)11-9-12/h1,8-11,14,16H,4-7H2,2H3. The molecule has 2 heteroatoms. The molecule has 1 aromatic rings. The third-order valence-corrected chi connectivity index (χ3v) is 2.79. The van der Waals surface area contributed by atoms with E-state index in [1.54, 1.807) is 0 Å². The Morgan fingerprint density at radius 1 is 1.38 bits per heavy atom. The Labute approximate surface area is 103 Å². The highest BCUT2D eigenvalue weighted by molar-refractivity contribution is 6.30. The quantitative estimate of drug-likeness (QED) is 0.584. The van der Waals surface area contributed by atoms with E-state index in [1.165, 1.54) is 5.56 Å². The monoisotopic (exact) mass is 235 g/mol. The molecule has 0 aliphatic heterocycles. The van der Waals surface area contributed by atoms with Gasteiger partial charge in [0.05, 0.1) is 0 Å². The maximum absolute atomic E-state index is 5.87. The van der Waals surface area contributed by atoms with Crippen LogP contribution in [0.5, 0.6) is 0 Å². The van der Waals surface area contributed by atoms with Gasteiger partial charge in [-0.15, -0.1) is 12.3 Å². The van der Waals surface area contributed by atoms with Gasteiger partial charge in [0.25, 0.3) is 0 Å². The molecule has 1 N–H and O–H groups in total. The lowest BCUT2D eigenvalue weighted by atomic mass is 10.0. The lowest BCUT2D eigenvalue weighted by molar-refractivity contribution is 0.502. The highest BCUT2D eigenvalue weighted by atomic mass is 35.5. The molecule has 1 atom stereocenters. The molecule has 0 saturated heterocycles. The summed E-state index contributed by atoms with van der Waals surface area (Å²) >= 11 is 5.87. The average molecular weight is 236 g/mol. The normalized spacial score (nSPS) is 12.1. The van der Waals surface area contributed by atoms with Crippen LogP contribution in [0.1, 0.15) is 37.8 Å². The number of benzene rings is 1. The molecule has 0 aromatic heterocycles. The summed E-state index contributed by atoms with van der Waals surface area (Å²) in [4.78, 5) is 0. The minimum Gasteiger partial charge on any atom is -0.310 e. The highest BCUT2D eigenvalue weighted by Gasteiger charge is 2.08. The van der Waals surface area contributed by atoms with Crippen LogP contribution in [0.15, 0.2) is 24.3 Å². The van der Waals surface area contributed by atoms with E-state index in [1.807, 2.05) is 12.1 Å². The van der Waals surface area contributed by atoms with Crippen LogP contribution in [0.2, 0.25) is 5.02 Å².